The molecule has 1 saturated heterocycles. The lowest BCUT2D eigenvalue weighted by Crippen LogP contribution is -2.30. The molecule has 1 amide bonds. The first-order chi connectivity index (χ1) is 14.5. The highest BCUT2D eigenvalue weighted by atomic mass is 35.5. The SMILES string of the molecule is COc1cccc(C(O)=C2C(=O)C(=O)N(c3ccccn3)C2c2cccc(Cl)c2)c1. The van der Waals surface area contributed by atoms with Crippen molar-refractivity contribution in [3.8, 4) is 5.75 Å². The van der Waals surface area contributed by atoms with Crippen LogP contribution in [0.3, 0.4) is 0 Å². The minimum Gasteiger partial charge on any atom is -0.507 e. The first-order valence-electron chi connectivity index (χ1n) is 9.13. The average molecular weight is 421 g/mol. The molecule has 2 heterocycles. The van der Waals surface area contributed by atoms with Crippen molar-refractivity contribution in [2.45, 2.75) is 6.04 Å². The summed E-state index contributed by atoms with van der Waals surface area (Å²) in [7, 11) is 1.51. The maximum absolute atomic E-state index is 13.0. The summed E-state index contributed by atoms with van der Waals surface area (Å²) in [6.45, 7) is 0. The Labute approximate surface area is 178 Å². The van der Waals surface area contributed by atoms with Crippen molar-refractivity contribution >= 4 is 34.9 Å². The lowest BCUT2D eigenvalue weighted by atomic mass is 9.95. The molecule has 1 aliphatic heterocycles. The van der Waals surface area contributed by atoms with Gasteiger partial charge in [0.2, 0.25) is 0 Å². The number of ketones is 1. The molecule has 1 N–H and O–H groups in total. The lowest BCUT2D eigenvalue weighted by Gasteiger charge is -2.24. The highest BCUT2D eigenvalue weighted by molar-refractivity contribution is 6.51. The van der Waals surface area contributed by atoms with Crippen molar-refractivity contribution in [2.24, 2.45) is 0 Å². The first kappa shape index (κ1) is 19.7. The van der Waals surface area contributed by atoms with Gasteiger partial charge in [-0.1, -0.05) is 41.9 Å². The fourth-order valence-corrected chi connectivity index (χ4v) is 3.68. The molecule has 150 valence electrons. The maximum atomic E-state index is 13.0. The predicted molar refractivity (Wildman–Crippen MR) is 113 cm³/mol. The average Bonchev–Trinajstić information content (AvgIpc) is 3.04. The molecule has 0 spiro atoms. The number of anilines is 1. The van der Waals surface area contributed by atoms with Gasteiger partial charge in [-0.05, 0) is 42.0 Å². The zero-order chi connectivity index (χ0) is 21.3. The quantitative estimate of drug-likeness (QED) is 0.385. The van der Waals surface area contributed by atoms with Crippen LogP contribution in [-0.4, -0.2) is 28.9 Å². The van der Waals surface area contributed by atoms with Crippen molar-refractivity contribution < 1.29 is 19.4 Å². The van der Waals surface area contributed by atoms with Crippen molar-refractivity contribution in [3.05, 3.63) is 94.6 Å². The van der Waals surface area contributed by atoms with Gasteiger partial charge >= 0.3 is 5.91 Å². The summed E-state index contributed by atoms with van der Waals surface area (Å²) in [5.74, 6) is -1.06. The van der Waals surface area contributed by atoms with Gasteiger partial charge in [-0.25, -0.2) is 4.98 Å². The molecule has 1 unspecified atom stereocenters. The van der Waals surface area contributed by atoms with Gasteiger partial charge in [0, 0.05) is 16.8 Å². The molecular weight excluding hydrogens is 404 g/mol. The Morgan fingerprint density at radius 2 is 1.87 bits per heavy atom. The number of aromatic nitrogens is 1. The van der Waals surface area contributed by atoms with Crippen LogP contribution in [0.4, 0.5) is 5.82 Å². The van der Waals surface area contributed by atoms with Crippen LogP contribution in [0.5, 0.6) is 5.75 Å². The summed E-state index contributed by atoms with van der Waals surface area (Å²) < 4.78 is 5.21. The summed E-state index contributed by atoms with van der Waals surface area (Å²) in [5, 5.41) is 11.5. The van der Waals surface area contributed by atoms with E-state index >= 15 is 0 Å². The Morgan fingerprint density at radius 3 is 2.57 bits per heavy atom. The zero-order valence-corrected chi connectivity index (χ0v) is 16.7. The molecule has 6 nitrogen and oxygen atoms in total. The highest BCUT2D eigenvalue weighted by Crippen LogP contribution is 2.42. The number of pyridine rings is 1. The normalized spacial score (nSPS) is 17.9. The Balaban J connectivity index is 1.95. The number of methoxy groups -OCH3 is 1. The fourth-order valence-electron chi connectivity index (χ4n) is 3.48. The lowest BCUT2D eigenvalue weighted by molar-refractivity contribution is -0.132. The first-order valence-corrected chi connectivity index (χ1v) is 9.51. The van der Waals surface area contributed by atoms with Crippen LogP contribution in [0.2, 0.25) is 5.02 Å². The van der Waals surface area contributed by atoms with Gasteiger partial charge in [0.1, 0.15) is 17.3 Å². The number of rotatable bonds is 4. The maximum Gasteiger partial charge on any atom is 0.301 e. The van der Waals surface area contributed by atoms with Gasteiger partial charge in [-0.3, -0.25) is 14.5 Å². The monoisotopic (exact) mass is 420 g/mol. The third kappa shape index (κ3) is 3.42. The largest absolute Gasteiger partial charge is 0.507 e. The Hall–Kier alpha value is -3.64. The number of carbonyl (C=O) groups excluding carboxylic acids is 2. The van der Waals surface area contributed by atoms with E-state index in [1.165, 1.54) is 18.2 Å². The molecule has 4 rings (SSSR count). The van der Waals surface area contributed by atoms with E-state index in [2.05, 4.69) is 4.98 Å². The van der Waals surface area contributed by atoms with Crippen LogP contribution in [0.15, 0.2) is 78.5 Å². The van der Waals surface area contributed by atoms with Gasteiger partial charge in [-0.2, -0.15) is 0 Å². The van der Waals surface area contributed by atoms with Crippen LogP contribution >= 0.6 is 11.6 Å². The number of nitrogens with zero attached hydrogens (tertiary/aromatic N) is 2. The number of benzene rings is 2. The molecule has 0 bridgehead atoms. The smallest absolute Gasteiger partial charge is 0.301 e. The molecule has 2 aromatic carbocycles. The third-order valence-electron chi connectivity index (χ3n) is 4.85. The second-order valence-electron chi connectivity index (χ2n) is 6.64. The van der Waals surface area contributed by atoms with E-state index in [9.17, 15) is 14.7 Å². The molecule has 1 fully saturated rings. The second kappa shape index (κ2) is 8.00. The van der Waals surface area contributed by atoms with Gasteiger partial charge in [0.15, 0.2) is 0 Å². The number of Topliss-reactive ketones (excluding diaryl/α,β-unsaturated/α-hetero) is 1. The standard InChI is InChI=1S/C23H17ClN2O4/c1-30-17-9-5-7-15(13-17)21(27)19-20(14-6-4-8-16(24)12-14)26(23(29)22(19)28)18-10-2-3-11-25-18/h2-13,20,27H,1H3. The molecule has 1 aromatic heterocycles. The summed E-state index contributed by atoms with van der Waals surface area (Å²) in [5.41, 5.74) is 0.901. The van der Waals surface area contributed by atoms with Crippen LogP contribution in [0.25, 0.3) is 5.76 Å². The van der Waals surface area contributed by atoms with E-state index in [1.807, 2.05) is 0 Å². The van der Waals surface area contributed by atoms with Gasteiger partial charge < -0.3 is 9.84 Å². The van der Waals surface area contributed by atoms with E-state index in [0.29, 0.717) is 27.7 Å². The van der Waals surface area contributed by atoms with Crippen LogP contribution < -0.4 is 9.64 Å². The van der Waals surface area contributed by atoms with Gasteiger partial charge in [-0.15, -0.1) is 0 Å². The van der Waals surface area contributed by atoms with Gasteiger partial charge in [0.05, 0.1) is 18.7 Å². The van der Waals surface area contributed by atoms with Crippen LogP contribution in [-0.2, 0) is 9.59 Å². The second-order valence-corrected chi connectivity index (χ2v) is 7.08. The zero-order valence-electron chi connectivity index (χ0n) is 15.9. The number of hydrogen-bond acceptors (Lipinski definition) is 5. The molecular formula is C23H17ClN2O4. The van der Waals surface area contributed by atoms with Gasteiger partial charge in [0.25, 0.3) is 5.78 Å². The van der Waals surface area contributed by atoms with E-state index in [0.717, 1.165) is 0 Å². The van der Waals surface area contributed by atoms with Crippen molar-refractivity contribution in [2.75, 3.05) is 12.0 Å². The van der Waals surface area contributed by atoms with E-state index in [4.69, 9.17) is 16.3 Å². The number of halogens is 1. The van der Waals surface area contributed by atoms with Crippen molar-refractivity contribution in [1.82, 2.24) is 4.98 Å². The number of aliphatic hydroxyl groups excluding tert-OH is 1. The molecule has 1 atom stereocenters. The number of aliphatic hydroxyl groups is 1. The Kier molecular flexibility index (Phi) is 5.25. The topological polar surface area (TPSA) is 79.7 Å². The Morgan fingerprint density at radius 1 is 1.07 bits per heavy atom. The molecule has 0 radical (unpaired) electrons. The summed E-state index contributed by atoms with van der Waals surface area (Å²) in [4.78, 5) is 31.5. The minimum atomic E-state index is -0.884. The van der Waals surface area contributed by atoms with E-state index in [1.54, 1.807) is 66.7 Å². The van der Waals surface area contributed by atoms with E-state index in [-0.39, 0.29) is 11.3 Å². The predicted octanol–water partition coefficient (Wildman–Crippen LogP) is 4.37. The molecule has 0 saturated carbocycles. The summed E-state index contributed by atoms with van der Waals surface area (Å²) >= 11 is 6.17. The number of ether oxygens (including phenoxy) is 1. The highest BCUT2D eigenvalue weighted by Gasteiger charge is 2.47. The summed E-state index contributed by atoms with van der Waals surface area (Å²) in [6.07, 6.45) is 1.53. The number of carbonyl (C=O) groups is 2. The minimum absolute atomic E-state index is 0.0406. The third-order valence-corrected chi connectivity index (χ3v) is 5.08. The van der Waals surface area contributed by atoms with Crippen molar-refractivity contribution in [3.63, 3.8) is 0 Å². The molecule has 7 heteroatoms. The van der Waals surface area contributed by atoms with Crippen LogP contribution in [0, 0.1) is 0 Å². The summed E-state index contributed by atoms with van der Waals surface area (Å²) in [6, 6.07) is 17.7. The number of amides is 1. The van der Waals surface area contributed by atoms with Crippen LogP contribution in [0.1, 0.15) is 17.2 Å². The molecule has 1 aliphatic rings. The van der Waals surface area contributed by atoms with Crippen molar-refractivity contribution in [1.29, 1.82) is 0 Å². The fraction of sp³-hybridized carbons (Fsp3) is 0.0870. The molecule has 0 aliphatic carbocycles. The molecule has 30 heavy (non-hydrogen) atoms. The number of hydrogen-bond donors (Lipinski definition) is 1. The van der Waals surface area contributed by atoms with E-state index < -0.39 is 17.7 Å². The Bertz CT molecular complexity index is 1160. The molecule has 3 aromatic rings.